The number of nitrogens with zero attached hydrogens (tertiary/aromatic N) is 1. The molecule has 0 atom stereocenters. The number of rotatable bonds is 10. The molecule has 0 radical (unpaired) electrons. The van der Waals surface area contributed by atoms with Gasteiger partial charge >= 0.3 is 0 Å². The lowest BCUT2D eigenvalue weighted by molar-refractivity contribution is -0.152. The molecule has 0 bridgehead atoms. The number of likely N-dealkylation sites (N-methyl/N-ethyl adjacent to an activating group) is 1. The van der Waals surface area contributed by atoms with Crippen LogP contribution in [0, 0.1) is 3.57 Å². The fraction of sp³-hybridized carbons (Fsp3) is 0.467. The monoisotopic (exact) mass is 436 g/mol. The Balaban J connectivity index is 3.00. The summed E-state index contributed by atoms with van der Waals surface area (Å²) in [5.74, 6) is 0.704. The maximum atomic E-state index is 11.4. The van der Waals surface area contributed by atoms with Gasteiger partial charge in [-0.1, -0.05) is 13.3 Å². The Kier molecular flexibility index (Phi) is 8.70. The van der Waals surface area contributed by atoms with Crippen LogP contribution in [0.1, 0.15) is 25.3 Å². The minimum absolute atomic E-state index is 0.0189. The fourth-order valence-corrected chi connectivity index (χ4v) is 2.54. The normalized spacial score (nSPS) is 10.1. The van der Waals surface area contributed by atoms with Gasteiger partial charge in [0.1, 0.15) is 0 Å². The molecule has 8 heteroatoms. The average molecular weight is 436 g/mol. The smallest absolute Gasteiger partial charge is 0.257 e. The highest BCUT2D eigenvalue weighted by Crippen LogP contribution is 2.34. The average Bonchev–Trinajstić information content (AvgIpc) is 2.54. The molecule has 7 nitrogen and oxygen atoms in total. The number of nitrogens with one attached hydrogen (secondary N) is 1. The lowest BCUT2D eigenvalue weighted by Crippen LogP contribution is -2.25. The van der Waals surface area contributed by atoms with E-state index in [1.54, 1.807) is 12.1 Å². The molecule has 0 fully saturated rings. The molecule has 1 rings (SSSR count). The number of unbranched alkanes of at least 4 members (excludes halogenated alkanes) is 1. The number of hydrogen-bond acceptors (Lipinski definition) is 5. The van der Waals surface area contributed by atoms with Gasteiger partial charge in [-0.2, -0.15) is 0 Å². The molecule has 0 spiro atoms. The van der Waals surface area contributed by atoms with Crippen LogP contribution in [0.5, 0.6) is 11.5 Å². The van der Waals surface area contributed by atoms with Crippen molar-refractivity contribution in [2.24, 2.45) is 0 Å². The van der Waals surface area contributed by atoms with E-state index < -0.39 is 0 Å². The zero-order chi connectivity index (χ0) is 17.2. The molecule has 0 aliphatic rings. The first-order valence-electron chi connectivity index (χ1n) is 7.21. The molecule has 2 amide bonds. The van der Waals surface area contributed by atoms with Crippen molar-refractivity contribution in [2.75, 3.05) is 20.3 Å². The number of amides is 2. The lowest BCUT2D eigenvalue weighted by Gasteiger charge is -2.17. The van der Waals surface area contributed by atoms with Gasteiger partial charge < -0.3 is 14.8 Å². The van der Waals surface area contributed by atoms with Gasteiger partial charge in [-0.25, -0.2) is 5.06 Å². The summed E-state index contributed by atoms with van der Waals surface area (Å²) in [7, 11) is 1.53. The summed E-state index contributed by atoms with van der Waals surface area (Å²) in [4.78, 5) is 21.9. The summed E-state index contributed by atoms with van der Waals surface area (Å²) in [6.45, 7) is 2.49. The van der Waals surface area contributed by atoms with Gasteiger partial charge in [-0.15, -0.1) is 0 Å². The van der Waals surface area contributed by atoms with E-state index >= 15 is 0 Å². The highest BCUT2D eigenvalue weighted by molar-refractivity contribution is 14.1. The first kappa shape index (κ1) is 19.5. The van der Waals surface area contributed by atoms with Crippen molar-refractivity contribution in [3.63, 3.8) is 0 Å². The molecule has 0 unspecified atom stereocenters. The molecule has 0 aliphatic carbocycles. The van der Waals surface area contributed by atoms with Gasteiger partial charge in [0.15, 0.2) is 18.1 Å². The Bertz CT molecular complexity index is 539. The molecule has 23 heavy (non-hydrogen) atoms. The Morgan fingerprint density at radius 2 is 2.17 bits per heavy atom. The quantitative estimate of drug-likeness (QED) is 0.193. The maximum absolute atomic E-state index is 11.4. The van der Waals surface area contributed by atoms with Crippen molar-refractivity contribution in [1.29, 1.82) is 0 Å². The fourth-order valence-electron chi connectivity index (χ4n) is 1.72. The summed E-state index contributed by atoms with van der Waals surface area (Å²) < 4.78 is 12.1. The van der Waals surface area contributed by atoms with Gasteiger partial charge in [0, 0.05) is 7.05 Å². The third-order valence-electron chi connectivity index (χ3n) is 2.92. The number of ether oxygens (including phenoxy) is 2. The van der Waals surface area contributed by atoms with Crippen molar-refractivity contribution in [1.82, 2.24) is 10.4 Å². The van der Waals surface area contributed by atoms with Crippen LogP contribution in [0.2, 0.25) is 0 Å². The summed E-state index contributed by atoms with van der Waals surface area (Å²) in [5.41, 5.74) is 0.666. The highest BCUT2D eigenvalue weighted by atomic mass is 127. The SMILES string of the molecule is CCCCOc1c(I)cc(CN(O)C=O)cc1OCC(=O)NC. The highest BCUT2D eigenvalue weighted by Gasteiger charge is 2.14. The van der Waals surface area contributed by atoms with Crippen LogP contribution in [-0.2, 0) is 16.1 Å². The Hall–Kier alpha value is -1.55. The van der Waals surface area contributed by atoms with Crippen molar-refractivity contribution in [2.45, 2.75) is 26.3 Å². The molecule has 0 heterocycles. The van der Waals surface area contributed by atoms with Crippen LogP contribution in [0.3, 0.4) is 0 Å². The van der Waals surface area contributed by atoms with Crippen LogP contribution >= 0.6 is 22.6 Å². The summed E-state index contributed by atoms with van der Waals surface area (Å²) in [6, 6.07) is 3.44. The van der Waals surface area contributed by atoms with Crippen LogP contribution in [-0.4, -0.2) is 42.8 Å². The van der Waals surface area contributed by atoms with Crippen molar-refractivity contribution < 1.29 is 24.3 Å². The van der Waals surface area contributed by atoms with Crippen molar-refractivity contribution in [3.05, 3.63) is 21.3 Å². The minimum Gasteiger partial charge on any atom is -0.489 e. The van der Waals surface area contributed by atoms with E-state index in [4.69, 9.17) is 9.47 Å². The van der Waals surface area contributed by atoms with Crippen LogP contribution in [0.15, 0.2) is 12.1 Å². The molecular formula is C15H21IN2O5. The molecule has 0 saturated heterocycles. The molecule has 0 aromatic heterocycles. The van der Waals surface area contributed by atoms with Crippen LogP contribution < -0.4 is 14.8 Å². The minimum atomic E-state index is -0.262. The number of carbonyl (C=O) groups is 2. The molecule has 1 aromatic rings. The number of hydroxylamine groups is 2. The van der Waals surface area contributed by atoms with Gasteiger partial charge in [-0.3, -0.25) is 14.8 Å². The van der Waals surface area contributed by atoms with Gasteiger partial charge in [-0.05, 0) is 46.7 Å². The maximum Gasteiger partial charge on any atom is 0.257 e. The van der Waals surface area contributed by atoms with Gasteiger partial charge in [0.25, 0.3) is 5.91 Å². The summed E-state index contributed by atoms with van der Waals surface area (Å²) in [6.07, 6.45) is 2.23. The molecular weight excluding hydrogens is 415 g/mol. The topological polar surface area (TPSA) is 88.1 Å². The number of carbonyl (C=O) groups excluding carboxylic acids is 2. The Morgan fingerprint density at radius 3 is 2.78 bits per heavy atom. The number of benzene rings is 1. The number of hydrogen-bond donors (Lipinski definition) is 2. The second-order valence-electron chi connectivity index (χ2n) is 4.77. The van der Waals surface area contributed by atoms with E-state index in [1.807, 2.05) is 0 Å². The third kappa shape index (κ3) is 6.61. The first-order chi connectivity index (χ1) is 11.0. The van der Waals surface area contributed by atoms with E-state index in [0.717, 1.165) is 16.4 Å². The van der Waals surface area contributed by atoms with Crippen LogP contribution in [0.25, 0.3) is 0 Å². The first-order valence-corrected chi connectivity index (χ1v) is 8.29. The van der Waals surface area contributed by atoms with E-state index in [9.17, 15) is 14.8 Å². The predicted octanol–water partition coefficient (Wildman–Crippen LogP) is 1.94. The Morgan fingerprint density at radius 1 is 1.43 bits per heavy atom. The predicted molar refractivity (Wildman–Crippen MR) is 92.5 cm³/mol. The van der Waals surface area contributed by atoms with Crippen LogP contribution in [0.4, 0.5) is 0 Å². The van der Waals surface area contributed by atoms with E-state index in [-0.39, 0.29) is 19.1 Å². The summed E-state index contributed by atoms with van der Waals surface area (Å²) in [5, 5.41) is 12.3. The van der Waals surface area contributed by atoms with E-state index in [0.29, 0.717) is 35.1 Å². The molecule has 2 N–H and O–H groups in total. The second kappa shape index (κ2) is 10.3. The lowest BCUT2D eigenvalue weighted by atomic mass is 10.2. The van der Waals surface area contributed by atoms with Gasteiger partial charge in [0.05, 0.1) is 16.7 Å². The standard InChI is InChI=1S/C15H21IN2O5/c1-3-4-5-22-15-12(16)6-11(8-18(21)10-19)7-13(15)23-9-14(20)17-2/h6-7,10,21H,3-5,8-9H2,1-2H3,(H,17,20). The molecule has 128 valence electrons. The van der Waals surface area contributed by atoms with Crippen molar-refractivity contribution >= 4 is 34.9 Å². The largest absolute Gasteiger partial charge is 0.489 e. The molecule has 0 saturated carbocycles. The van der Waals surface area contributed by atoms with Gasteiger partial charge in [0.2, 0.25) is 6.41 Å². The zero-order valence-electron chi connectivity index (χ0n) is 13.2. The van der Waals surface area contributed by atoms with Crippen molar-refractivity contribution in [3.8, 4) is 11.5 Å². The summed E-state index contributed by atoms with van der Waals surface area (Å²) >= 11 is 2.09. The second-order valence-corrected chi connectivity index (χ2v) is 5.93. The Labute approximate surface area is 149 Å². The number of halogens is 1. The van der Waals surface area contributed by atoms with E-state index in [2.05, 4.69) is 34.8 Å². The van der Waals surface area contributed by atoms with E-state index in [1.165, 1.54) is 7.05 Å². The molecule has 1 aromatic carbocycles. The third-order valence-corrected chi connectivity index (χ3v) is 3.72. The molecule has 0 aliphatic heterocycles. The zero-order valence-corrected chi connectivity index (χ0v) is 15.3.